The fourth-order valence-corrected chi connectivity index (χ4v) is 3.19. The average Bonchev–Trinajstić information content (AvgIpc) is 2.89. The predicted octanol–water partition coefficient (Wildman–Crippen LogP) is 6.47. The number of rotatable bonds is 16. The maximum Gasteiger partial charge on any atom is 0.514 e. The molecule has 42 heavy (non-hydrogen) atoms. The second-order valence-corrected chi connectivity index (χ2v) is 10.9. The minimum atomic E-state index is -2.23. The van der Waals surface area contributed by atoms with E-state index in [-0.39, 0.29) is 41.5 Å². The number of unbranched alkanes of at least 4 members (excludes halogenated alkanes) is 1. The second kappa shape index (κ2) is 17.4. The molecule has 0 spiro atoms. The molecule has 238 valence electrons. The predicted molar refractivity (Wildman–Crippen MR) is 154 cm³/mol. The van der Waals surface area contributed by atoms with Crippen molar-refractivity contribution in [1.29, 1.82) is 0 Å². The molecule has 0 aliphatic rings. The summed E-state index contributed by atoms with van der Waals surface area (Å²) in [5, 5.41) is 13.1. The Balaban J connectivity index is 3.45. The minimum absolute atomic E-state index is 0.00384. The van der Waals surface area contributed by atoms with E-state index in [2.05, 4.69) is 5.32 Å². The molecule has 0 fully saturated rings. The summed E-state index contributed by atoms with van der Waals surface area (Å²) in [5.74, 6) is -1.82. The highest BCUT2D eigenvalue weighted by Gasteiger charge is 2.45. The van der Waals surface area contributed by atoms with Gasteiger partial charge in [-0.05, 0) is 63.1 Å². The van der Waals surface area contributed by atoms with Gasteiger partial charge in [-0.25, -0.2) is 19.2 Å². The van der Waals surface area contributed by atoms with Crippen molar-refractivity contribution < 1.29 is 52.7 Å². The van der Waals surface area contributed by atoms with Gasteiger partial charge in [-0.1, -0.05) is 54.0 Å². The molecular formula is C30H47NO11. The molecule has 2 N–H and O–H groups in total. The fraction of sp³-hybridized carbons (Fsp3) is 0.667. The van der Waals surface area contributed by atoms with Crippen LogP contribution in [-0.4, -0.2) is 60.1 Å². The molecule has 0 radical (unpaired) electrons. The summed E-state index contributed by atoms with van der Waals surface area (Å²) in [7, 11) is 0. The van der Waals surface area contributed by atoms with E-state index in [0.717, 1.165) is 6.42 Å². The zero-order valence-corrected chi connectivity index (χ0v) is 26.2. The lowest BCUT2D eigenvalue weighted by atomic mass is 10.00. The molecule has 0 bridgehead atoms. The molecule has 0 saturated carbocycles. The van der Waals surface area contributed by atoms with Gasteiger partial charge in [0, 0.05) is 12.5 Å². The lowest BCUT2D eigenvalue weighted by Gasteiger charge is -2.32. The molecule has 4 atom stereocenters. The van der Waals surface area contributed by atoms with E-state index in [1.165, 1.54) is 18.2 Å². The molecule has 0 amide bonds. The van der Waals surface area contributed by atoms with Gasteiger partial charge >= 0.3 is 24.4 Å². The van der Waals surface area contributed by atoms with Crippen LogP contribution in [0.4, 0.5) is 14.4 Å². The van der Waals surface area contributed by atoms with Crippen molar-refractivity contribution in [3.63, 3.8) is 0 Å². The Kier molecular flexibility index (Phi) is 15.1. The van der Waals surface area contributed by atoms with Crippen LogP contribution in [0.3, 0.4) is 0 Å². The third-order valence-electron chi connectivity index (χ3n) is 6.70. The van der Waals surface area contributed by atoms with Gasteiger partial charge in [-0.3, -0.25) is 5.32 Å². The number of hydrogen-bond acceptors (Lipinski definition) is 11. The Labute approximate surface area is 248 Å². The first kappa shape index (κ1) is 36.5. The average molecular weight is 598 g/mol. The molecule has 0 saturated heterocycles. The van der Waals surface area contributed by atoms with Gasteiger partial charge in [0.05, 0.1) is 6.61 Å². The first-order chi connectivity index (χ1) is 19.6. The van der Waals surface area contributed by atoms with Crippen LogP contribution < -0.4 is 14.8 Å². The smallest absolute Gasteiger partial charge is 0.477 e. The van der Waals surface area contributed by atoms with E-state index < -0.39 is 48.8 Å². The molecule has 0 aliphatic heterocycles. The Hall–Kier alpha value is -3.54. The molecule has 12 nitrogen and oxygen atoms in total. The maximum absolute atomic E-state index is 12.6. The lowest BCUT2D eigenvalue weighted by molar-refractivity contribution is -0.167. The van der Waals surface area contributed by atoms with Crippen molar-refractivity contribution >= 4 is 24.4 Å². The number of carbonyl (C=O) groups excluding carboxylic acids is 3. The summed E-state index contributed by atoms with van der Waals surface area (Å²) in [5.41, 5.74) is -1.96. The van der Waals surface area contributed by atoms with Crippen molar-refractivity contribution in [2.75, 3.05) is 6.61 Å². The minimum Gasteiger partial charge on any atom is -0.477 e. The van der Waals surface area contributed by atoms with E-state index in [1.807, 2.05) is 41.5 Å². The highest BCUT2D eigenvalue weighted by atomic mass is 16.8. The van der Waals surface area contributed by atoms with Crippen LogP contribution in [-0.2, 0) is 30.2 Å². The van der Waals surface area contributed by atoms with E-state index in [9.17, 15) is 24.3 Å². The van der Waals surface area contributed by atoms with E-state index in [0.29, 0.717) is 12.8 Å². The number of hydrogen-bond donors (Lipinski definition) is 2. The van der Waals surface area contributed by atoms with Crippen molar-refractivity contribution in [1.82, 2.24) is 5.32 Å². The Bertz CT molecular complexity index is 1040. The summed E-state index contributed by atoms with van der Waals surface area (Å²) in [4.78, 5) is 50.1. The Morgan fingerprint density at radius 2 is 1.38 bits per heavy atom. The van der Waals surface area contributed by atoms with Crippen LogP contribution in [0.25, 0.3) is 0 Å². The van der Waals surface area contributed by atoms with Gasteiger partial charge in [-0.2, -0.15) is 0 Å². The monoisotopic (exact) mass is 597 g/mol. The fourth-order valence-electron chi connectivity index (χ4n) is 3.19. The summed E-state index contributed by atoms with van der Waals surface area (Å²) in [6, 6.07) is 3.71. The number of nitrogens with one attached hydrogen (secondary N) is 1. The number of ether oxygens (including phenoxy) is 6. The highest BCUT2D eigenvalue weighted by molar-refractivity contribution is 5.80. The molecule has 12 heteroatoms. The maximum atomic E-state index is 12.6. The van der Waals surface area contributed by atoms with Crippen LogP contribution >= 0.6 is 0 Å². The first-order valence-electron chi connectivity index (χ1n) is 14.4. The molecule has 1 aromatic carbocycles. The highest BCUT2D eigenvalue weighted by Crippen LogP contribution is 2.32. The topological polar surface area (TPSA) is 156 Å². The molecule has 1 rings (SSSR count). The third kappa shape index (κ3) is 12.1. The third-order valence-corrected chi connectivity index (χ3v) is 6.70. The number of benzene rings is 1. The van der Waals surface area contributed by atoms with Crippen LogP contribution in [0, 0.1) is 11.8 Å². The van der Waals surface area contributed by atoms with Gasteiger partial charge in [0.15, 0.2) is 11.5 Å². The molecule has 3 unspecified atom stereocenters. The van der Waals surface area contributed by atoms with Crippen LogP contribution in [0.1, 0.15) is 87.1 Å². The summed E-state index contributed by atoms with van der Waals surface area (Å²) in [6.07, 6.45) is -2.66. The van der Waals surface area contributed by atoms with E-state index in [1.54, 1.807) is 20.8 Å². The van der Waals surface area contributed by atoms with Gasteiger partial charge in [0.25, 0.3) is 5.72 Å². The summed E-state index contributed by atoms with van der Waals surface area (Å²) < 4.78 is 31.7. The number of carbonyl (C=O) groups is 4. The van der Waals surface area contributed by atoms with Gasteiger partial charge in [0.1, 0.15) is 12.2 Å². The summed E-state index contributed by atoms with van der Waals surface area (Å²) >= 11 is 0. The molecular weight excluding hydrogens is 550 g/mol. The molecule has 0 heterocycles. The molecule has 1 aromatic rings. The number of carboxylic acids is 1. The van der Waals surface area contributed by atoms with Crippen molar-refractivity contribution in [2.24, 2.45) is 11.8 Å². The number of carboxylic acid groups (broad SMARTS) is 1. The Morgan fingerprint density at radius 3 is 1.86 bits per heavy atom. The first-order valence-corrected chi connectivity index (χ1v) is 14.4. The number of aliphatic carboxylic acids is 1. The SMILES string of the molecule is CCCCOC(=O)O[C@](Cc1ccc(OC(=O)OC(C)C(C)C)c(OC(=O)OC(C)C(C)C)c1)(NC(C)CC)C(=O)O. The van der Waals surface area contributed by atoms with Crippen molar-refractivity contribution in [3.8, 4) is 11.5 Å². The normalized spacial score (nSPS) is 14.7. The van der Waals surface area contributed by atoms with Crippen molar-refractivity contribution in [2.45, 2.75) is 112 Å². The Morgan fingerprint density at radius 1 is 0.833 bits per heavy atom. The van der Waals surface area contributed by atoms with Crippen LogP contribution in [0.15, 0.2) is 18.2 Å². The summed E-state index contributed by atoms with van der Waals surface area (Å²) in [6.45, 7) is 16.4. The lowest BCUT2D eigenvalue weighted by Crippen LogP contribution is -2.59. The standard InChI is InChI=1S/C30H47NO11/c1-10-12-15-37-27(34)42-30(26(32)33,31-20(7)11-2)17-23-13-14-24(40-28(35)38-21(8)18(3)4)25(16-23)41-29(36)39-22(9)19(5)6/h13-14,16,18-22,31H,10-12,15,17H2,1-9H3,(H,32,33)/t20?,21?,22?,30-/m0/s1. The van der Waals surface area contributed by atoms with Gasteiger partial charge in [0.2, 0.25) is 0 Å². The van der Waals surface area contributed by atoms with Crippen LogP contribution in [0.2, 0.25) is 0 Å². The van der Waals surface area contributed by atoms with E-state index in [4.69, 9.17) is 28.4 Å². The molecule has 0 aromatic heterocycles. The quantitative estimate of drug-likeness (QED) is 0.0705. The largest absolute Gasteiger partial charge is 0.514 e. The van der Waals surface area contributed by atoms with Gasteiger partial charge in [-0.15, -0.1) is 0 Å². The van der Waals surface area contributed by atoms with Crippen LogP contribution in [0.5, 0.6) is 11.5 Å². The van der Waals surface area contributed by atoms with E-state index >= 15 is 0 Å². The van der Waals surface area contributed by atoms with Crippen molar-refractivity contribution in [3.05, 3.63) is 23.8 Å². The van der Waals surface area contributed by atoms with Gasteiger partial charge < -0.3 is 33.5 Å². The second-order valence-electron chi connectivity index (χ2n) is 10.9. The zero-order chi connectivity index (χ0) is 32.0. The molecule has 0 aliphatic carbocycles. The zero-order valence-electron chi connectivity index (χ0n) is 26.2.